The lowest BCUT2D eigenvalue weighted by atomic mass is 10.0. The van der Waals surface area contributed by atoms with E-state index in [0.29, 0.717) is 12.0 Å². The van der Waals surface area contributed by atoms with Crippen LogP contribution in [0.1, 0.15) is 45.6 Å². The lowest BCUT2D eigenvalue weighted by Crippen LogP contribution is -2.13. The van der Waals surface area contributed by atoms with Crippen molar-refractivity contribution in [1.82, 2.24) is 0 Å². The maximum Gasteiger partial charge on any atom is 0.0345 e. The van der Waals surface area contributed by atoms with Gasteiger partial charge in [0, 0.05) is 11.7 Å². The molecule has 0 aliphatic heterocycles. The van der Waals surface area contributed by atoms with Crippen LogP contribution in [0.3, 0.4) is 0 Å². The Bertz CT molecular complexity index is 278. The molecule has 0 spiro atoms. The monoisotopic (exact) mass is 191 g/mol. The van der Waals surface area contributed by atoms with E-state index < -0.39 is 0 Å². The molecule has 0 heterocycles. The van der Waals surface area contributed by atoms with Crippen LogP contribution in [0.5, 0.6) is 0 Å². The highest BCUT2D eigenvalue weighted by atomic mass is 14.9. The fourth-order valence-corrected chi connectivity index (χ4v) is 1.37. The van der Waals surface area contributed by atoms with Crippen LogP contribution in [0.4, 0.5) is 5.69 Å². The normalized spacial score (nSPS) is 12.9. The van der Waals surface area contributed by atoms with E-state index in [0.717, 1.165) is 6.42 Å². The second-order valence-corrected chi connectivity index (χ2v) is 4.23. The minimum absolute atomic E-state index is 0.553. The maximum atomic E-state index is 3.49. The van der Waals surface area contributed by atoms with Gasteiger partial charge in [0.1, 0.15) is 0 Å². The molecule has 1 atom stereocenters. The van der Waals surface area contributed by atoms with Crippen LogP contribution in [-0.2, 0) is 0 Å². The van der Waals surface area contributed by atoms with E-state index in [-0.39, 0.29) is 0 Å². The zero-order valence-corrected chi connectivity index (χ0v) is 9.67. The van der Waals surface area contributed by atoms with E-state index in [1.807, 2.05) is 0 Å². The van der Waals surface area contributed by atoms with Crippen molar-refractivity contribution in [3.8, 4) is 0 Å². The summed E-state index contributed by atoms with van der Waals surface area (Å²) in [5.74, 6) is 0.605. The average Bonchev–Trinajstić information content (AvgIpc) is 2.18. The van der Waals surface area contributed by atoms with Crippen LogP contribution in [-0.4, -0.2) is 6.04 Å². The summed E-state index contributed by atoms with van der Waals surface area (Å²) in [6.45, 7) is 8.86. The van der Waals surface area contributed by atoms with Crippen molar-refractivity contribution < 1.29 is 0 Å². The Morgan fingerprint density at radius 3 is 2.50 bits per heavy atom. The van der Waals surface area contributed by atoms with Crippen LogP contribution in [0.15, 0.2) is 24.3 Å². The number of hydrogen-bond acceptors (Lipinski definition) is 1. The Labute approximate surface area is 87.5 Å². The molecule has 0 saturated carbocycles. The first-order chi connectivity index (χ1) is 6.63. The molecule has 0 radical (unpaired) electrons. The van der Waals surface area contributed by atoms with Gasteiger partial charge in [0.2, 0.25) is 0 Å². The summed E-state index contributed by atoms with van der Waals surface area (Å²) in [6.07, 6.45) is 1.16. The molecule has 0 aliphatic rings. The summed E-state index contributed by atoms with van der Waals surface area (Å²) < 4.78 is 0. The molecule has 0 bridgehead atoms. The summed E-state index contributed by atoms with van der Waals surface area (Å²) in [6, 6.07) is 9.25. The fraction of sp³-hybridized carbons (Fsp3) is 0.538. The standard InChI is InChI=1S/C13H21N/c1-5-11(4)14-13-8-6-7-12(9-13)10(2)3/h6-11,14H,5H2,1-4H3. The molecule has 1 aromatic carbocycles. The van der Waals surface area contributed by atoms with Crippen molar-refractivity contribution in [2.75, 3.05) is 5.32 Å². The van der Waals surface area contributed by atoms with Gasteiger partial charge < -0.3 is 5.32 Å². The first kappa shape index (κ1) is 11.1. The lowest BCUT2D eigenvalue weighted by molar-refractivity contribution is 0.763. The highest BCUT2D eigenvalue weighted by Crippen LogP contribution is 2.19. The van der Waals surface area contributed by atoms with E-state index >= 15 is 0 Å². The zero-order valence-electron chi connectivity index (χ0n) is 9.67. The molecule has 78 valence electrons. The Balaban J connectivity index is 2.73. The van der Waals surface area contributed by atoms with Gasteiger partial charge in [-0.2, -0.15) is 0 Å². The first-order valence-electron chi connectivity index (χ1n) is 5.50. The van der Waals surface area contributed by atoms with Crippen LogP contribution in [0.2, 0.25) is 0 Å². The molecule has 0 fully saturated rings. The van der Waals surface area contributed by atoms with Crippen molar-refractivity contribution in [2.45, 2.75) is 46.1 Å². The van der Waals surface area contributed by atoms with Crippen LogP contribution in [0.25, 0.3) is 0 Å². The minimum Gasteiger partial charge on any atom is -0.383 e. The van der Waals surface area contributed by atoms with Crippen LogP contribution < -0.4 is 5.32 Å². The SMILES string of the molecule is CCC(C)Nc1cccc(C(C)C)c1. The van der Waals surface area contributed by atoms with Crippen molar-refractivity contribution in [3.63, 3.8) is 0 Å². The summed E-state index contributed by atoms with van der Waals surface area (Å²) in [7, 11) is 0. The molecular formula is C13H21N. The molecule has 0 amide bonds. The number of hydrogen-bond donors (Lipinski definition) is 1. The third-order valence-corrected chi connectivity index (χ3v) is 2.58. The largest absolute Gasteiger partial charge is 0.383 e. The van der Waals surface area contributed by atoms with E-state index in [1.165, 1.54) is 11.3 Å². The molecule has 1 rings (SSSR count). The van der Waals surface area contributed by atoms with Gasteiger partial charge in [-0.15, -0.1) is 0 Å². The van der Waals surface area contributed by atoms with E-state index in [2.05, 4.69) is 57.3 Å². The second-order valence-electron chi connectivity index (χ2n) is 4.23. The molecule has 14 heavy (non-hydrogen) atoms. The third-order valence-electron chi connectivity index (χ3n) is 2.58. The zero-order chi connectivity index (χ0) is 10.6. The highest BCUT2D eigenvalue weighted by Gasteiger charge is 2.02. The van der Waals surface area contributed by atoms with Gasteiger partial charge in [-0.25, -0.2) is 0 Å². The lowest BCUT2D eigenvalue weighted by Gasteiger charge is -2.14. The molecular weight excluding hydrogens is 170 g/mol. The highest BCUT2D eigenvalue weighted by molar-refractivity contribution is 5.47. The average molecular weight is 191 g/mol. The number of benzene rings is 1. The van der Waals surface area contributed by atoms with Crippen molar-refractivity contribution in [3.05, 3.63) is 29.8 Å². The summed E-state index contributed by atoms with van der Waals surface area (Å²) >= 11 is 0. The molecule has 1 nitrogen and oxygen atoms in total. The third kappa shape index (κ3) is 3.06. The van der Waals surface area contributed by atoms with Gasteiger partial charge in [-0.1, -0.05) is 32.9 Å². The number of rotatable bonds is 4. The van der Waals surface area contributed by atoms with E-state index in [9.17, 15) is 0 Å². The predicted octanol–water partition coefficient (Wildman–Crippen LogP) is 4.02. The smallest absolute Gasteiger partial charge is 0.0345 e. The Hall–Kier alpha value is -0.980. The van der Waals surface area contributed by atoms with Gasteiger partial charge in [-0.3, -0.25) is 0 Å². The molecule has 1 N–H and O–H groups in total. The Kier molecular flexibility index (Phi) is 3.99. The Morgan fingerprint density at radius 1 is 1.21 bits per heavy atom. The summed E-state index contributed by atoms with van der Waals surface area (Å²) in [5.41, 5.74) is 2.64. The summed E-state index contributed by atoms with van der Waals surface area (Å²) in [5, 5.41) is 3.49. The van der Waals surface area contributed by atoms with Crippen LogP contribution >= 0.6 is 0 Å². The van der Waals surface area contributed by atoms with Gasteiger partial charge in [0.25, 0.3) is 0 Å². The fourth-order valence-electron chi connectivity index (χ4n) is 1.37. The molecule has 0 aromatic heterocycles. The second kappa shape index (κ2) is 5.04. The van der Waals surface area contributed by atoms with Crippen molar-refractivity contribution in [2.24, 2.45) is 0 Å². The number of anilines is 1. The topological polar surface area (TPSA) is 12.0 Å². The number of nitrogens with one attached hydrogen (secondary N) is 1. The maximum absolute atomic E-state index is 3.49. The van der Waals surface area contributed by atoms with Crippen LogP contribution in [0, 0.1) is 0 Å². The van der Waals surface area contributed by atoms with Gasteiger partial charge >= 0.3 is 0 Å². The Morgan fingerprint density at radius 2 is 1.93 bits per heavy atom. The van der Waals surface area contributed by atoms with Gasteiger partial charge in [-0.05, 0) is 37.0 Å². The first-order valence-corrected chi connectivity index (χ1v) is 5.50. The minimum atomic E-state index is 0.553. The molecule has 1 unspecified atom stereocenters. The molecule has 1 aromatic rings. The van der Waals surface area contributed by atoms with E-state index in [4.69, 9.17) is 0 Å². The van der Waals surface area contributed by atoms with Crippen molar-refractivity contribution in [1.29, 1.82) is 0 Å². The summed E-state index contributed by atoms with van der Waals surface area (Å²) in [4.78, 5) is 0. The molecule has 1 heteroatoms. The van der Waals surface area contributed by atoms with Crippen molar-refractivity contribution >= 4 is 5.69 Å². The quantitative estimate of drug-likeness (QED) is 0.758. The van der Waals surface area contributed by atoms with E-state index in [1.54, 1.807) is 0 Å². The van der Waals surface area contributed by atoms with Gasteiger partial charge in [0.15, 0.2) is 0 Å². The van der Waals surface area contributed by atoms with Gasteiger partial charge in [0.05, 0.1) is 0 Å². The molecule has 0 aliphatic carbocycles. The predicted molar refractivity (Wildman–Crippen MR) is 63.9 cm³/mol. The molecule has 0 saturated heterocycles.